The Hall–Kier alpha value is -0.310. The van der Waals surface area contributed by atoms with E-state index in [1.165, 1.54) is 0 Å². The Labute approximate surface area is 131 Å². The highest BCUT2D eigenvalue weighted by atomic mass is 32.3. The first-order valence-electron chi connectivity index (χ1n) is 5.76. The summed E-state index contributed by atoms with van der Waals surface area (Å²) in [6.45, 7) is 0. The molecule has 0 aliphatic carbocycles. The standard InChI is InChI=1S/C9H18F7N3O2S2/c1-17(2)23(18(3)4,19(5)6)7(8(10,11)12,9(13,14)15)22(16,20)21/h1-6H3. The second-order valence-electron chi connectivity index (χ2n) is 5.01. The lowest BCUT2D eigenvalue weighted by Gasteiger charge is -2.61. The van der Waals surface area contributed by atoms with Crippen molar-refractivity contribution in [2.75, 3.05) is 42.3 Å². The zero-order chi connectivity index (χ0) is 19.2. The molecule has 0 aromatic rings. The molecule has 0 saturated heterocycles. The molecule has 0 aromatic carbocycles. The predicted octanol–water partition coefficient (Wildman–Crippen LogP) is 2.34. The molecule has 0 fully saturated rings. The molecular weight excluding hydrogens is 379 g/mol. The van der Waals surface area contributed by atoms with Crippen LogP contribution in [0.25, 0.3) is 0 Å². The number of halogens is 7. The Bertz CT molecular complexity index is 492. The summed E-state index contributed by atoms with van der Waals surface area (Å²) in [4.78, 5) is 0. The molecule has 0 saturated carbocycles. The van der Waals surface area contributed by atoms with Crippen molar-refractivity contribution in [1.29, 1.82) is 0 Å². The largest absolute Gasteiger partial charge is 0.431 e. The van der Waals surface area contributed by atoms with E-state index < -0.39 is 37.2 Å². The fourth-order valence-electron chi connectivity index (χ4n) is 2.63. The number of rotatable bonds is 5. The maximum Gasteiger partial charge on any atom is 0.431 e. The van der Waals surface area contributed by atoms with Crippen molar-refractivity contribution in [1.82, 2.24) is 12.9 Å². The molecule has 14 heteroatoms. The highest BCUT2D eigenvalue weighted by Gasteiger charge is 2.88. The van der Waals surface area contributed by atoms with Crippen molar-refractivity contribution in [3.8, 4) is 0 Å². The Morgan fingerprint density at radius 3 is 0.913 bits per heavy atom. The summed E-state index contributed by atoms with van der Waals surface area (Å²) in [6, 6.07) is 0. The van der Waals surface area contributed by atoms with Gasteiger partial charge in [-0.25, -0.2) is 12.9 Å². The molecule has 0 spiro atoms. The van der Waals surface area contributed by atoms with Gasteiger partial charge in [-0.15, -0.1) is 3.89 Å². The number of hydrogen-bond donors (Lipinski definition) is 0. The third kappa shape index (κ3) is 2.92. The Morgan fingerprint density at radius 1 is 0.652 bits per heavy atom. The summed E-state index contributed by atoms with van der Waals surface area (Å²) in [5.74, 6) is 0. The van der Waals surface area contributed by atoms with E-state index in [0.717, 1.165) is 42.3 Å². The molecule has 0 aliphatic heterocycles. The molecule has 0 N–H and O–H groups in total. The van der Waals surface area contributed by atoms with Crippen LogP contribution < -0.4 is 0 Å². The summed E-state index contributed by atoms with van der Waals surface area (Å²) >= 11 is 0. The second kappa shape index (κ2) is 6.20. The molecule has 5 nitrogen and oxygen atoms in total. The summed E-state index contributed by atoms with van der Waals surface area (Å²) < 4.78 is 113. The van der Waals surface area contributed by atoms with Crippen LogP contribution in [0.4, 0.5) is 30.2 Å². The van der Waals surface area contributed by atoms with E-state index in [-0.39, 0.29) is 0 Å². The lowest BCUT2D eigenvalue weighted by Crippen LogP contribution is -2.70. The Morgan fingerprint density at radius 2 is 0.870 bits per heavy atom. The smallest absolute Gasteiger partial charge is 0.249 e. The zero-order valence-electron chi connectivity index (χ0n) is 13.1. The van der Waals surface area contributed by atoms with Gasteiger partial charge in [0.25, 0.3) is 0 Å². The maximum atomic E-state index is 13.7. The fourth-order valence-corrected chi connectivity index (χ4v) is 9.72. The lowest BCUT2D eigenvalue weighted by atomic mass is 10.4. The van der Waals surface area contributed by atoms with Crippen molar-refractivity contribution in [2.45, 2.75) is 16.4 Å². The van der Waals surface area contributed by atoms with E-state index >= 15 is 0 Å². The van der Waals surface area contributed by atoms with Gasteiger partial charge in [-0.05, 0) is 52.9 Å². The van der Waals surface area contributed by atoms with E-state index in [2.05, 4.69) is 0 Å². The van der Waals surface area contributed by atoms with Gasteiger partial charge in [-0.2, -0.15) is 34.8 Å². The number of hydrogen-bond acceptors (Lipinski definition) is 5. The fraction of sp³-hybridized carbons (Fsp3) is 1.00. The minimum Gasteiger partial charge on any atom is -0.249 e. The molecule has 0 unspecified atom stereocenters. The Balaban J connectivity index is 7.58. The monoisotopic (exact) mass is 397 g/mol. The van der Waals surface area contributed by atoms with Crippen molar-refractivity contribution < 1.29 is 38.6 Å². The molecule has 142 valence electrons. The number of nitrogens with zero attached hydrogens (tertiary/aromatic N) is 3. The lowest BCUT2D eigenvalue weighted by molar-refractivity contribution is -0.243. The van der Waals surface area contributed by atoms with Gasteiger partial charge in [-0.3, -0.25) is 0 Å². The van der Waals surface area contributed by atoms with Crippen molar-refractivity contribution >= 4 is 20.8 Å². The van der Waals surface area contributed by atoms with E-state index in [1.807, 2.05) is 0 Å². The van der Waals surface area contributed by atoms with Gasteiger partial charge in [0.15, 0.2) is 0 Å². The maximum absolute atomic E-state index is 13.7. The van der Waals surface area contributed by atoms with Crippen LogP contribution in [0.2, 0.25) is 0 Å². The Kier molecular flexibility index (Phi) is 6.12. The molecule has 0 heterocycles. The third-order valence-corrected chi connectivity index (χ3v) is 9.71. The molecule has 0 bridgehead atoms. The van der Waals surface area contributed by atoms with Crippen LogP contribution in [0, 0.1) is 0 Å². The molecule has 0 aromatic heterocycles. The van der Waals surface area contributed by atoms with Crippen molar-refractivity contribution in [2.24, 2.45) is 0 Å². The zero-order valence-corrected chi connectivity index (χ0v) is 14.8. The number of alkyl halides is 6. The van der Waals surface area contributed by atoms with Gasteiger partial charge < -0.3 is 0 Å². The van der Waals surface area contributed by atoms with Crippen LogP contribution in [-0.4, -0.2) is 80.1 Å². The van der Waals surface area contributed by atoms with Crippen molar-refractivity contribution in [3.05, 3.63) is 0 Å². The van der Waals surface area contributed by atoms with Gasteiger partial charge in [0, 0.05) is 0 Å². The topological polar surface area (TPSA) is 43.9 Å². The summed E-state index contributed by atoms with van der Waals surface area (Å²) in [5.41, 5.74) is 0. The SMILES string of the molecule is CN(C)S(N(C)C)(N(C)C)C(C(F)(F)F)(C(F)(F)F)S(=O)(=O)F. The average Bonchev–Trinajstić information content (AvgIpc) is 2.16. The van der Waals surface area contributed by atoms with E-state index in [4.69, 9.17) is 0 Å². The first kappa shape index (κ1) is 22.7. The van der Waals surface area contributed by atoms with Crippen molar-refractivity contribution in [3.63, 3.8) is 0 Å². The van der Waals surface area contributed by atoms with Gasteiger partial charge in [-0.1, -0.05) is 0 Å². The molecular formula is C9H18F7N3O2S2. The van der Waals surface area contributed by atoms with Crippen LogP contribution in [0.1, 0.15) is 0 Å². The predicted molar refractivity (Wildman–Crippen MR) is 73.5 cm³/mol. The first-order chi connectivity index (χ1) is 9.83. The van der Waals surface area contributed by atoms with E-state index in [0.29, 0.717) is 12.9 Å². The van der Waals surface area contributed by atoms with Crippen LogP contribution in [-0.2, 0) is 10.2 Å². The van der Waals surface area contributed by atoms with Crippen LogP contribution in [0.3, 0.4) is 0 Å². The van der Waals surface area contributed by atoms with Gasteiger partial charge in [0.1, 0.15) is 0 Å². The quantitative estimate of drug-likeness (QED) is 0.526. The summed E-state index contributed by atoms with van der Waals surface area (Å²) in [7, 11) is -6.85. The van der Waals surface area contributed by atoms with Crippen LogP contribution in [0.15, 0.2) is 0 Å². The molecule has 0 aliphatic rings. The minimum atomic E-state index is -7.17. The van der Waals surface area contributed by atoms with Crippen LogP contribution >= 0.6 is 10.6 Å². The minimum absolute atomic E-state index is 0.436. The third-order valence-electron chi connectivity index (χ3n) is 3.00. The van der Waals surface area contributed by atoms with Gasteiger partial charge in [0.05, 0.1) is 0 Å². The molecule has 0 rings (SSSR count). The normalized spacial score (nSPS) is 16.5. The average molecular weight is 397 g/mol. The highest BCUT2D eigenvalue weighted by molar-refractivity contribution is 8.34. The highest BCUT2D eigenvalue weighted by Crippen LogP contribution is 2.75. The molecule has 0 radical (unpaired) electrons. The molecule has 0 amide bonds. The van der Waals surface area contributed by atoms with E-state index in [9.17, 15) is 38.6 Å². The van der Waals surface area contributed by atoms with E-state index in [1.54, 1.807) is 0 Å². The molecule has 23 heavy (non-hydrogen) atoms. The summed E-state index contributed by atoms with van der Waals surface area (Å²) in [6.07, 6.45) is -12.9. The van der Waals surface area contributed by atoms with Crippen LogP contribution in [0.5, 0.6) is 0 Å². The van der Waals surface area contributed by atoms with Gasteiger partial charge in [0.2, 0.25) is 0 Å². The second-order valence-corrected chi connectivity index (χ2v) is 10.6. The van der Waals surface area contributed by atoms with Gasteiger partial charge >= 0.3 is 26.7 Å². The first-order valence-corrected chi connectivity index (χ1v) is 8.65. The molecule has 0 atom stereocenters. The summed E-state index contributed by atoms with van der Waals surface area (Å²) in [5, 5.41) is 0.